The van der Waals surface area contributed by atoms with Crippen molar-refractivity contribution in [3.05, 3.63) is 23.3 Å². The molecular weight excluding hydrogens is 217 g/mol. The van der Waals surface area contributed by atoms with Crippen molar-refractivity contribution in [2.24, 2.45) is 0 Å². The van der Waals surface area contributed by atoms with Crippen LogP contribution >= 0.6 is 0 Å². The van der Waals surface area contributed by atoms with Gasteiger partial charge in [-0.2, -0.15) is 0 Å². The summed E-state index contributed by atoms with van der Waals surface area (Å²) in [4.78, 5) is 7.94. The molecule has 3 nitrogen and oxygen atoms in total. The van der Waals surface area contributed by atoms with E-state index in [9.17, 15) is 0 Å². The molecule has 4 heteroatoms. The molecule has 0 unspecified atom stereocenters. The molecule has 0 aliphatic carbocycles. The first-order valence-electron chi connectivity index (χ1n) is 3.06. The zero-order chi connectivity index (χ0) is 7.56. The summed E-state index contributed by atoms with van der Waals surface area (Å²) in [5.74, 6) is 0.681. The zero-order valence-corrected chi connectivity index (χ0v) is 9.46. The average Bonchev–Trinajstić information content (AvgIpc) is 1.85. The van der Waals surface area contributed by atoms with Gasteiger partial charge in [0.05, 0.1) is 6.61 Å². The van der Waals surface area contributed by atoms with Crippen LogP contribution in [0.4, 0.5) is 0 Å². The van der Waals surface area contributed by atoms with Gasteiger partial charge in [0.1, 0.15) is 5.82 Å². The largest absolute Gasteiger partial charge is 0.425 e. The van der Waals surface area contributed by atoms with Crippen molar-refractivity contribution in [2.45, 2.75) is 20.5 Å². The number of aryl methyl sites for hydroxylation is 2. The van der Waals surface area contributed by atoms with Gasteiger partial charge in [0.15, 0.2) is 0 Å². The van der Waals surface area contributed by atoms with Crippen molar-refractivity contribution in [1.82, 2.24) is 9.97 Å². The monoisotopic (exact) mass is 226 g/mol. The van der Waals surface area contributed by atoms with Crippen LogP contribution in [0.1, 0.15) is 17.2 Å². The summed E-state index contributed by atoms with van der Waals surface area (Å²) in [6.07, 6.45) is 0. The van der Waals surface area contributed by atoms with Gasteiger partial charge in [-0.25, -0.2) is 0 Å². The van der Waals surface area contributed by atoms with Crippen LogP contribution in [0.5, 0.6) is 0 Å². The fraction of sp³-hybridized carbons (Fsp3) is 0.429. The third-order valence-corrected chi connectivity index (χ3v) is 1.10. The average molecular weight is 226 g/mol. The van der Waals surface area contributed by atoms with Crippen LogP contribution in [0.25, 0.3) is 0 Å². The molecular formula is C7H9N2OY-. The third kappa shape index (κ3) is 3.36. The second kappa shape index (κ2) is 4.91. The summed E-state index contributed by atoms with van der Waals surface area (Å²) < 4.78 is 0. The SMILES string of the molecule is Cc1[c-]c(CO)nc(C)n1.[Y]. The molecule has 0 aliphatic rings. The number of aromatic nitrogens is 2. The van der Waals surface area contributed by atoms with E-state index in [1.54, 1.807) is 6.92 Å². The van der Waals surface area contributed by atoms with Gasteiger partial charge in [0, 0.05) is 32.7 Å². The molecule has 0 saturated carbocycles. The summed E-state index contributed by atoms with van der Waals surface area (Å²) in [5.41, 5.74) is 1.33. The van der Waals surface area contributed by atoms with E-state index in [-0.39, 0.29) is 39.3 Å². The molecule has 0 bridgehead atoms. The van der Waals surface area contributed by atoms with Crippen molar-refractivity contribution in [2.75, 3.05) is 0 Å². The number of aliphatic hydroxyl groups excluding tert-OH is 1. The molecule has 1 rings (SSSR count). The van der Waals surface area contributed by atoms with Crippen molar-refractivity contribution < 1.29 is 37.8 Å². The van der Waals surface area contributed by atoms with Gasteiger partial charge >= 0.3 is 0 Å². The molecule has 1 aromatic heterocycles. The Bertz CT molecular complexity index is 220. The molecule has 1 radical (unpaired) electrons. The summed E-state index contributed by atoms with van der Waals surface area (Å²) in [5, 5.41) is 8.66. The fourth-order valence-corrected chi connectivity index (χ4v) is 0.803. The van der Waals surface area contributed by atoms with E-state index in [1.165, 1.54) is 0 Å². The number of rotatable bonds is 1. The Labute approximate surface area is 91.1 Å². The molecule has 1 heterocycles. The van der Waals surface area contributed by atoms with Gasteiger partial charge in [-0.1, -0.05) is 6.92 Å². The number of hydrogen-bond acceptors (Lipinski definition) is 3. The Kier molecular flexibility index (Phi) is 4.97. The Balaban J connectivity index is 0.000001000. The second-order valence-corrected chi connectivity index (χ2v) is 2.09. The van der Waals surface area contributed by atoms with E-state index in [0.29, 0.717) is 11.5 Å². The Morgan fingerprint density at radius 3 is 2.45 bits per heavy atom. The standard InChI is InChI=1S/C7H9N2O.Y/c1-5-3-7(4-10)9-6(2)8-5;/h10H,4H2,1-2H3;/q-1;. The van der Waals surface area contributed by atoms with E-state index in [1.807, 2.05) is 6.92 Å². The van der Waals surface area contributed by atoms with Crippen molar-refractivity contribution in [1.29, 1.82) is 0 Å². The fourth-order valence-electron chi connectivity index (χ4n) is 0.803. The molecule has 11 heavy (non-hydrogen) atoms. The third-order valence-electron chi connectivity index (χ3n) is 1.10. The van der Waals surface area contributed by atoms with Crippen LogP contribution in [0.2, 0.25) is 0 Å². The minimum atomic E-state index is -0.0653. The summed E-state index contributed by atoms with van der Waals surface area (Å²) >= 11 is 0. The van der Waals surface area contributed by atoms with Crippen LogP contribution in [0.15, 0.2) is 0 Å². The molecule has 1 aromatic rings. The van der Waals surface area contributed by atoms with Gasteiger partial charge in [-0.05, 0) is 6.92 Å². The smallest absolute Gasteiger partial charge is 0.119 e. The predicted molar refractivity (Wildman–Crippen MR) is 36.3 cm³/mol. The molecule has 0 fully saturated rings. The molecule has 1 N–H and O–H groups in total. The quantitative estimate of drug-likeness (QED) is 0.704. The summed E-state index contributed by atoms with van der Waals surface area (Å²) in [6.45, 7) is 3.55. The van der Waals surface area contributed by atoms with Crippen LogP contribution in [0, 0.1) is 19.9 Å². The Morgan fingerprint density at radius 1 is 1.36 bits per heavy atom. The van der Waals surface area contributed by atoms with Gasteiger partial charge < -0.3 is 11.2 Å². The minimum Gasteiger partial charge on any atom is -0.425 e. The maximum absolute atomic E-state index is 8.66. The van der Waals surface area contributed by atoms with Gasteiger partial charge in [-0.15, -0.1) is 11.4 Å². The van der Waals surface area contributed by atoms with Crippen LogP contribution in [-0.2, 0) is 39.3 Å². The topological polar surface area (TPSA) is 46.0 Å². The Hall–Kier alpha value is 0.144. The first-order valence-corrected chi connectivity index (χ1v) is 3.06. The summed E-state index contributed by atoms with van der Waals surface area (Å²) in [7, 11) is 0. The molecule has 0 spiro atoms. The predicted octanol–water partition coefficient (Wildman–Crippen LogP) is 0.383. The van der Waals surface area contributed by atoms with Crippen molar-refractivity contribution in [3.63, 3.8) is 0 Å². The molecule has 0 atom stereocenters. The van der Waals surface area contributed by atoms with E-state index in [4.69, 9.17) is 5.11 Å². The molecule has 0 aromatic carbocycles. The van der Waals surface area contributed by atoms with Gasteiger partial charge in [0.25, 0.3) is 0 Å². The van der Waals surface area contributed by atoms with Crippen LogP contribution in [-0.4, -0.2) is 15.1 Å². The normalized spacial score (nSPS) is 9.00. The van der Waals surface area contributed by atoms with E-state index in [0.717, 1.165) is 5.69 Å². The number of nitrogens with zero attached hydrogens (tertiary/aromatic N) is 2. The molecule has 0 saturated heterocycles. The minimum absolute atomic E-state index is 0. The van der Waals surface area contributed by atoms with Crippen LogP contribution in [0.3, 0.4) is 0 Å². The number of hydrogen-bond donors (Lipinski definition) is 1. The number of aliphatic hydroxyl groups is 1. The van der Waals surface area contributed by atoms with Gasteiger partial charge in [-0.3, -0.25) is 9.97 Å². The van der Waals surface area contributed by atoms with Crippen LogP contribution < -0.4 is 0 Å². The second-order valence-electron chi connectivity index (χ2n) is 2.09. The van der Waals surface area contributed by atoms with E-state index >= 15 is 0 Å². The van der Waals surface area contributed by atoms with E-state index in [2.05, 4.69) is 16.0 Å². The van der Waals surface area contributed by atoms with Crippen molar-refractivity contribution >= 4 is 0 Å². The summed E-state index contributed by atoms with van der Waals surface area (Å²) in [6, 6.07) is 2.83. The molecule has 0 amide bonds. The Morgan fingerprint density at radius 2 is 2.00 bits per heavy atom. The maximum atomic E-state index is 8.66. The maximum Gasteiger partial charge on any atom is 0.119 e. The van der Waals surface area contributed by atoms with E-state index < -0.39 is 0 Å². The van der Waals surface area contributed by atoms with Crippen molar-refractivity contribution in [3.8, 4) is 0 Å². The molecule has 0 aliphatic heterocycles. The first-order chi connectivity index (χ1) is 4.72. The molecule has 57 valence electrons. The van der Waals surface area contributed by atoms with Gasteiger partial charge in [0.2, 0.25) is 0 Å². The zero-order valence-electron chi connectivity index (χ0n) is 6.63. The first kappa shape index (κ1) is 11.1.